The minimum absolute atomic E-state index is 0.0219. The second-order valence-electron chi connectivity index (χ2n) is 6.12. The van der Waals surface area contributed by atoms with Crippen LogP contribution in [0.1, 0.15) is 58.4 Å². The van der Waals surface area contributed by atoms with Crippen molar-refractivity contribution in [1.82, 2.24) is 25.1 Å². The number of carbonyl (C=O) groups excluding carboxylic acids is 1. The summed E-state index contributed by atoms with van der Waals surface area (Å²) in [7, 11) is 0. The Labute approximate surface area is 129 Å². The number of hydrogen-bond donors (Lipinski definition) is 1. The lowest BCUT2D eigenvalue weighted by atomic mass is 10.1. The van der Waals surface area contributed by atoms with Crippen LogP contribution in [0.3, 0.4) is 0 Å². The summed E-state index contributed by atoms with van der Waals surface area (Å²) in [5.41, 5.74) is 4.64. The molecule has 0 saturated carbocycles. The highest BCUT2D eigenvalue weighted by atomic mass is 16.2. The molecule has 4 rings (SSSR count). The van der Waals surface area contributed by atoms with Crippen LogP contribution in [0.15, 0.2) is 12.4 Å². The molecule has 1 aliphatic carbocycles. The van der Waals surface area contributed by atoms with Crippen LogP contribution >= 0.6 is 0 Å². The van der Waals surface area contributed by atoms with Crippen LogP contribution in [-0.4, -0.2) is 37.5 Å². The van der Waals surface area contributed by atoms with Gasteiger partial charge in [-0.05, 0) is 39.0 Å². The second-order valence-corrected chi connectivity index (χ2v) is 6.12. The number of likely N-dealkylation sites (tertiary alicyclic amines) is 1. The van der Waals surface area contributed by atoms with Crippen molar-refractivity contribution in [2.75, 3.05) is 6.54 Å². The normalized spacial score (nSPS) is 20.4. The highest BCUT2D eigenvalue weighted by Crippen LogP contribution is 2.33. The largest absolute Gasteiger partial charge is 0.329 e. The van der Waals surface area contributed by atoms with Crippen LogP contribution in [-0.2, 0) is 12.8 Å². The molecule has 6 heteroatoms. The van der Waals surface area contributed by atoms with Gasteiger partial charge in [0.15, 0.2) is 5.69 Å². The lowest BCUT2D eigenvalue weighted by molar-refractivity contribution is 0.0725. The molecular formula is C16H19N5O. The third-order valence-electron chi connectivity index (χ3n) is 4.64. The Kier molecular flexibility index (Phi) is 3.17. The van der Waals surface area contributed by atoms with Gasteiger partial charge in [-0.3, -0.25) is 19.9 Å². The third kappa shape index (κ3) is 2.10. The van der Waals surface area contributed by atoms with Crippen LogP contribution < -0.4 is 0 Å². The van der Waals surface area contributed by atoms with Crippen LogP contribution in [0.2, 0.25) is 0 Å². The number of amides is 1. The minimum atomic E-state index is 0.0219. The molecule has 1 N–H and O–H groups in total. The molecular weight excluding hydrogens is 278 g/mol. The number of aromatic amines is 1. The number of aryl methyl sites for hydroxylation is 2. The van der Waals surface area contributed by atoms with Crippen molar-refractivity contribution in [2.45, 2.75) is 45.1 Å². The number of aromatic nitrogens is 4. The van der Waals surface area contributed by atoms with Gasteiger partial charge >= 0.3 is 0 Å². The molecule has 1 saturated heterocycles. The Hall–Kier alpha value is -2.24. The van der Waals surface area contributed by atoms with Crippen LogP contribution in [0.5, 0.6) is 0 Å². The monoisotopic (exact) mass is 297 g/mol. The lowest BCUT2D eigenvalue weighted by Gasteiger charge is -2.23. The molecule has 2 aromatic rings. The summed E-state index contributed by atoms with van der Waals surface area (Å²) >= 11 is 0. The summed E-state index contributed by atoms with van der Waals surface area (Å²) < 4.78 is 0. The van der Waals surface area contributed by atoms with Gasteiger partial charge in [-0.15, -0.1) is 0 Å². The molecule has 1 atom stereocenters. The van der Waals surface area contributed by atoms with Crippen molar-refractivity contribution in [1.29, 1.82) is 0 Å². The number of nitrogens with zero attached hydrogens (tertiary/aromatic N) is 4. The van der Waals surface area contributed by atoms with Crippen LogP contribution in [0.4, 0.5) is 0 Å². The number of nitrogens with one attached hydrogen (secondary N) is 1. The minimum Gasteiger partial charge on any atom is -0.329 e. The van der Waals surface area contributed by atoms with E-state index in [1.54, 1.807) is 12.4 Å². The van der Waals surface area contributed by atoms with E-state index in [4.69, 9.17) is 0 Å². The van der Waals surface area contributed by atoms with Crippen molar-refractivity contribution in [3.05, 3.63) is 40.7 Å². The van der Waals surface area contributed by atoms with Crippen molar-refractivity contribution >= 4 is 5.91 Å². The van der Waals surface area contributed by atoms with Crippen molar-refractivity contribution in [2.24, 2.45) is 0 Å². The molecule has 6 nitrogen and oxygen atoms in total. The molecule has 1 fully saturated rings. The zero-order valence-electron chi connectivity index (χ0n) is 12.7. The molecule has 3 heterocycles. The standard InChI is InChI=1S/C16H19N5O/c1-10-8-17-9-13(18-10)14-6-3-7-21(14)16(22)15-11-4-2-5-12(11)19-20-15/h8-9,14H,2-7H2,1H3,(H,19,20). The molecule has 0 spiro atoms. The number of fused-ring (bicyclic) bond motifs is 1. The molecule has 2 aromatic heterocycles. The predicted octanol–water partition coefficient (Wildman–Crippen LogP) is 1.97. The fourth-order valence-corrected chi connectivity index (χ4v) is 3.59. The molecule has 1 aliphatic heterocycles. The smallest absolute Gasteiger partial charge is 0.275 e. The van der Waals surface area contributed by atoms with Gasteiger partial charge in [-0.25, -0.2) is 0 Å². The molecule has 114 valence electrons. The Morgan fingerprint density at radius 1 is 1.32 bits per heavy atom. The first-order valence-corrected chi connectivity index (χ1v) is 7.89. The fourth-order valence-electron chi connectivity index (χ4n) is 3.59. The van der Waals surface area contributed by atoms with E-state index < -0.39 is 0 Å². The molecule has 0 aromatic carbocycles. The van der Waals surface area contributed by atoms with Gasteiger partial charge in [0.25, 0.3) is 5.91 Å². The maximum Gasteiger partial charge on any atom is 0.275 e. The van der Waals surface area contributed by atoms with Crippen LogP contribution in [0.25, 0.3) is 0 Å². The second kappa shape index (κ2) is 5.19. The van der Waals surface area contributed by atoms with Gasteiger partial charge in [0.1, 0.15) is 0 Å². The van der Waals surface area contributed by atoms with Gasteiger partial charge in [-0.2, -0.15) is 5.10 Å². The van der Waals surface area contributed by atoms with E-state index in [2.05, 4.69) is 20.2 Å². The zero-order valence-corrected chi connectivity index (χ0v) is 12.7. The topological polar surface area (TPSA) is 74.8 Å². The molecule has 1 unspecified atom stereocenters. The molecule has 0 bridgehead atoms. The fraction of sp³-hybridized carbons (Fsp3) is 0.500. The maximum absolute atomic E-state index is 12.9. The lowest BCUT2D eigenvalue weighted by Crippen LogP contribution is -2.32. The quantitative estimate of drug-likeness (QED) is 0.919. The Morgan fingerprint density at radius 2 is 2.23 bits per heavy atom. The number of carbonyl (C=O) groups is 1. The van der Waals surface area contributed by atoms with Crippen LogP contribution in [0, 0.1) is 6.92 Å². The van der Waals surface area contributed by atoms with Crippen molar-refractivity contribution in [3.8, 4) is 0 Å². The summed E-state index contributed by atoms with van der Waals surface area (Å²) in [4.78, 5) is 23.6. The highest BCUT2D eigenvalue weighted by molar-refractivity contribution is 5.94. The molecule has 0 radical (unpaired) electrons. The first kappa shape index (κ1) is 13.4. The number of rotatable bonds is 2. The molecule has 22 heavy (non-hydrogen) atoms. The van der Waals surface area contributed by atoms with E-state index in [0.29, 0.717) is 5.69 Å². The maximum atomic E-state index is 12.9. The summed E-state index contributed by atoms with van der Waals surface area (Å²) in [5.74, 6) is 0.0326. The van der Waals surface area contributed by atoms with E-state index in [9.17, 15) is 4.79 Å². The summed E-state index contributed by atoms with van der Waals surface area (Å²) in [6.07, 6.45) is 8.52. The summed E-state index contributed by atoms with van der Waals surface area (Å²) in [5, 5.41) is 7.30. The average molecular weight is 297 g/mol. The van der Waals surface area contributed by atoms with E-state index in [1.807, 2.05) is 11.8 Å². The molecule has 2 aliphatic rings. The van der Waals surface area contributed by atoms with Crippen molar-refractivity contribution < 1.29 is 4.79 Å². The van der Waals surface area contributed by atoms with Gasteiger partial charge in [-0.1, -0.05) is 0 Å². The van der Waals surface area contributed by atoms with E-state index in [-0.39, 0.29) is 11.9 Å². The van der Waals surface area contributed by atoms with Gasteiger partial charge in [0, 0.05) is 24.0 Å². The predicted molar refractivity (Wildman–Crippen MR) is 80.4 cm³/mol. The summed E-state index contributed by atoms with van der Waals surface area (Å²) in [6, 6.07) is 0.0219. The van der Waals surface area contributed by atoms with Crippen molar-refractivity contribution in [3.63, 3.8) is 0 Å². The molecule has 1 amide bonds. The highest BCUT2D eigenvalue weighted by Gasteiger charge is 2.35. The van der Waals surface area contributed by atoms with E-state index in [1.165, 1.54) is 0 Å². The first-order valence-electron chi connectivity index (χ1n) is 7.89. The summed E-state index contributed by atoms with van der Waals surface area (Å²) in [6.45, 7) is 2.69. The van der Waals surface area contributed by atoms with Gasteiger partial charge in [0.2, 0.25) is 0 Å². The number of hydrogen-bond acceptors (Lipinski definition) is 4. The first-order chi connectivity index (χ1) is 10.7. The third-order valence-corrected chi connectivity index (χ3v) is 4.64. The van der Waals surface area contributed by atoms with E-state index in [0.717, 1.165) is 61.3 Å². The SMILES string of the molecule is Cc1cncc(C2CCCN2C(=O)c2n[nH]c3c2CCC3)n1. The Bertz CT molecular complexity index is 723. The average Bonchev–Trinajstić information content (AvgIpc) is 3.22. The van der Waals surface area contributed by atoms with Gasteiger partial charge < -0.3 is 4.90 Å². The van der Waals surface area contributed by atoms with Gasteiger partial charge in [0.05, 0.1) is 23.6 Å². The number of H-pyrrole nitrogens is 1. The Morgan fingerprint density at radius 3 is 3.09 bits per heavy atom. The van der Waals surface area contributed by atoms with E-state index >= 15 is 0 Å². The zero-order chi connectivity index (χ0) is 15.1. The Balaban J connectivity index is 1.64.